The van der Waals surface area contributed by atoms with Crippen molar-refractivity contribution in [1.82, 2.24) is 20.0 Å². The van der Waals surface area contributed by atoms with E-state index in [1.165, 1.54) is 38.0 Å². The molecule has 0 radical (unpaired) electrons. The molecule has 16 heavy (non-hydrogen) atoms. The van der Waals surface area contributed by atoms with Crippen LogP contribution < -0.4 is 5.32 Å². The molecule has 0 aliphatic carbocycles. The van der Waals surface area contributed by atoms with Gasteiger partial charge in [0.1, 0.15) is 0 Å². The van der Waals surface area contributed by atoms with Crippen molar-refractivity contribution in [2.75, 3.05) is 13.1 Å². The van der Waals surface area contributed by atoms with Crippen molar-refractivity contribution in [3.8, 4) is 0 Å². The van der Waals surface area contributed by atoms with Crippen molar-refractivity contribution in [3.05, 3.63) is 18.0 Å². The fraction of sp³-hybridized carbons (Fsp3) is 0.750. The first kappa shape index (κ1) is 10.3. The maximum Gasteiger partial charge on any atom is 0.0521 e. The van der Waals surface area contributed by atoms with Crippen LogP contribution in [0.2, 0.25) is 0 Å². The van der Waals surface area contributed by atoms with Gasteiger partial charge in [-0.15, -0.1) is 0 Å². The van der Waals surface area contributed by atoms with E-state index in [4.69, 9.17) is 0 Å². The molecule has 0 unspecified atom stereocenters. The number of aromatic nitrogens is 2. The Hall–Kier alpha value is -0.870. The molecular formula is C12H20N4. The Balaban J connectivity index is 1.65. The molecule has 2 fully saturated rings. The molecule has 3 rings (SSSR count). The monoisotopic (exact) mass is 220 g/mol. The van der Waals surface area contributed by atoms with Gasteiger partial charge in [-0.1, -0.05) is 0 Å². The van der Waals surface area contributed by atoms with Gasteiger partial charge in [-0.3, -0.25) is 9.58 Å². The Morgan fingerprint density at radius 1 is 1.38 bits per heavy atom. The molecule has 2 atom stereocenters. The molecule has 0 aromatic carbocycles. The van der Waals surface area contributed by atoms with Crippen LogP contribution in [-0.2, 0) is 13.6 Å². The first-order valence-corrected chi connectivity index (χ1v) is 6.26. The van der Waals surface area contributed by atoms with Gasteiger partial charge in [-0.2, -0.15) is 5.10 Å². The number of aryl methyl sites for hydroxylation is 1. The third-order valence-electron chi connectivity index (χ3n) is 3.92. The Kier molecular flexibility index (Phi) is 2.69. The van der Waals surface area contributed by atoms with Crippen molar-refractivity contribution >= 4 is 0 Å². The van der Waals surface area contributed by atoms with E-state index in [2.05, 4.69) is 21.4 Å². The molecule has 4 nitrogen and oxygen atoms in total. The molecule has 2 saturated heterocycles. The van der Waals surface area contributed by atoms with Crippen molar-refractivity contribution in [1.29, 1.82) is 0 Å². The summed E-state index contributed by atoms with van der Waals surface area (Å²) in [6.07, 6.45) is 5.92. The Morgan fingerprint density at radius 2 is 2.25 bits per heavy atom. The first-order valence-electron chi connectivity index (χ1n) is 6.26. The quantitative estimate of drug-likeness (QED) is 0.798. The fourth-order valence-corrected chi connectivity index (χ4v) is 2.94. The minimum atomic E-state index is 0.723. The van der Waals surface area contributed by atoms with Crippen LogP contribution in [0.3, 0.4) is 0 Å². The lowest BCUT2D eigenvalue weighted by Crippen LogP contribution is -2.35. The number of nitrogens with one attached hydrogen (secondary N) is 1. The van der Waals surface area contributed by atoms with Gasteiger partial charge in [-0.05, 0) is 25.3 Å². The summed E-state index contributed by atoms with van der Waals surface area (Å²) < 4.78 is 1.98. The van der Waals surface area contributed by atoms with Crippen LogP contribution in [-0.4, -0.2) is 39.9 Å². The smallest absolute Gasteiger partial charge is 0.0521 e. The Bertz CT molecular complexity index is 360. The normalized spacial score (nSPS) is 30.6. The summed E-state index contributed by atoms with van der Waals surface area (Å²) in [5, 5.41) is 7.94. The lowest BCUT2D eigenvalue weighted by atomic mass is 10.1. The highest BCUT2D eigenvalue weighted by Gasteiger charge is 2.29. The number of fused-ring (bicyclic) bond motifs is 2. The standard InChI is InChI=1S/C12H20N4/c1-15-12(4-6-13-15)9-16-7-5-10-2-3-11(8-16)14-10/h4,6,10-11,14H,2-3,5,7-9H2,1H3/t10-,11+/m1/s1. The second-order valence-electron chi connectivity index (χ2n) is 5.11. The van der Waals surface area contributed by atoms with Crippen LogP contribution in [0.4, 0.5) is 0 Å². The zero-order valence-corrected chi connectivity index (χ0v) is 9.89. The molecule has 3 heterocycles. The van der Waals surface area contributed by atoms with E-state index in [1.54, 1.807) is 0 Å². The number of rotatable bonds is 2. The summed E-state index contributed by atoms with van der Waals surface area (Å²) >= 11 is 0. The first-order chi connectivity index (χ1) is 7.81. The Morgan fingerprint density at radius 3 is 3.06 bits per heavy atom. The van der Waals surface area contributed by atoms with Crippen LogP contribution in [0.25, 0.3) is 0 Å². The van der Waals surface area contributed by atoms with Gasteiger partial charge in [0.05, 0.1) is 5.69 Å². The van der Waals surface area contributed by atoms with E-state index in [0.717, 1.165) is 18.6 Å². The second kappa shape index (κ2) is 4.18. The van der Waals surface area contributed by atoms with Gasteiger partial charge in [0.15, 0.2) is 0 Å². The Labute approximate surface area is 96.6 Å². The fourth-order valence-electron chi connectivity index (χ4n) is 2.94. The molecule has 2 aliphatic heterocycles. The van der Waals surface area contributed by atoms with Gasteiger partial charge < -0.3 is 5.32 Å². The summed E-state index contributed by atoms with van der Waals surface area (Å²) in [4.78, 5) is 2.56. The summed E-state index contributed by atoms with van der Waals surface area (Å²) in [6, 6.07) is 3.62. The van der Waals surface area contributed by atoms with Gasteiger partial charge in [0.2, 0.25) is 0 Å². The molecule has 0 amide bonds. The largest absolute Gasteiger partial charge is 0.310 e. The van der Waals surface area contributed by atoms with Crippen molar-refractivity contribution in [2.45, 2.75) is 37.9 Å². The average molecular weight is 220 g/mol. The number of hydrogen-bond acceptors (Lipinski definition) is 3. The molecule has 2 aliphatic rings. The second-order valence-corrected chi connectivity index (χ2v) is 5.11. The zero-order valence-electron chi connectivity index (χ0n) is 9.89. The maximum atomic E-state index is 4.23. The van der Waals surface area contributed by atoms with Crippen LogP contribution in [0.15, 0.2) is 12.3 Å². The molecular weight excluding hydrogens is 200 g/mol. The van der Waals surface area contributed by atoms with Crippen molar-refractivity contribution in [3.63, 3.8) is 0 Å². The van der Waals surface area contributed by atoms with Gasteiger partial charge in [-0.25, -0.2) is 0 Å². The van der Waals surface area contributed by atoms with Gasteiger partial charge in [0, 0.05) is 45.0 Å². The highest BCUT2D eigenvalue weighted by molar-refractivity contribution is 5.01. The SMILES string of the molecule is Cn1nccc1CN1CC[C@H]2CC[C@@H](C1)N2. The van der Waals surface area contributed by atoms with E-state index in [1.807, 2.05) is 17.9 Å². The predicted molar refractivity (Wildman–Crippen MR) is 63.0 cm³/mol. The maximum absolute atomic E-state index is 4.23. The lowest BCUT2D eigenvalue weighted by molar-refractivity contribution is 0.245. The molecule has 4 heteroatoms. The van der Waals surface area contributed by atoms with Crippen molar-refractivity contribution in [2.24, 2.45) is 7.05 Å². The summed E-state index contributed by atoms with van der Waals surface area (Å²) in [5.74, 6) is 0. The van der Waals surface area contributed by atoms with E-state index in [-0.39, 0.29) is 0 Å². The van der Waals surface area contributed by atoms with Crippen LogP contribution in [0.5, 0.6) is 0 Å². The number of likely N-dealkylation sites (tertiary alicyclic amines) is 1. The highest BCUT2D eigenvalue weighted by atomic mass is 15.3. The lowest BCUT2D eigenvalue weighted by Gasteiger charge is -2.23. The third kappa shape index (κ3) is 1.99. The highest BCUT2D eigenvalue weighted by Crippen LogP contribution is 2.21. The van der Waals surface area contributed by atoms with Crippen LogP contribution >= 0.6 is 0 Å². The molecule has 0 saturated carbocycles. The van der Waals surface area contributed by atoms with Crippen molar-refractivity contribution < 1.29 is 0 Å². The minimum absolute atomic E-state index is 0.723. The number of hydrogen-bond donors (Lipinski definition) is 1. The van der Waals surface area contributed by atoms with Crippen LogP contribution in [0.1, 0.15) is 25.0 Å². The summed E-state index contributed by atoms with van der Waals surface area (Å²) in [6.45, 7) is 3.46. The predicted octanol–water partition coefficient (Wildman–Crippen LogP) is 0.746. The van der Waals surface area contributed by atoms with Crippen LogP contribution in [0, 0.1) is 0 Å². The minimum Gasteiger partial charge on any atom is -0.310 e. The molecule has 1 N–H and O–H groups in total. The number of nitrogens with zero attached hydrogens (tertiary/aromatic N) is 3. The average Bonchev–Trinajstić information content (AvgIpc) is 2.78. The zero-order chi connectivity index (χ0) is 11.0. The van der Waals surface area contributed by atoms with E-state index < -0.39 is 0 Å². The van der Waals surface area contributed by atoms with E-state index in [0.29, 0.717) is 0 Å². The molecule has 1 aromatic heterocycles. The molecule has 88 valence electrons. The third-order valence-corrected chi connectivity index (χ3v) is 3.92. The van der Waals surface area contributed by atoms with Gasteiger partial charge >= 0.3 is 0 Å². The molecule has 2 bridgehead atoms. The molecule has 0 spiro atoms. The molecule has 1 aromatic rings. The summed E-state index contributed by atoms with van der Waals surface area (Å²) in [5.41, 5.74) is 1.32. The topological polar surface area (TPSA) is 33.1 Å². The van der Waals surface area contributed by atoms with E-state index >= 15 is 0 Å². The van der Waals surface area contributed by atoms with E-state index in [9.17, 15) is 0 Å². The summed E-state index contributed by atoms with van der Waals surface area (Å²) in [7, 11) is 2.03. The van der Waals surface area contributed by atoms with Gasteiger partial charge in [0.25, 0.3) is 0 Å².